The minimum Gasteiger partial charge on any atom is -0.497 e. The van der Waals surface area contributed by atoms with Crippen LogP contribution in [0.1, 0.15) is 37.8 Å². The van der Waals surface area contributed by atoms with Crippen molar-refractivity contribution in [2.24, 2.45) is 0 Å². The Morgan fingerprint density at radius 1 is 0.953 bits per heavy atom. The maximum Gasteiger partial charge on any atom is 0.244 e. The summed E-state index contributed by atoms with van der Waals surface area (Å²) in [5.74, 6) is 0.440. The molecule has 1 aliphatic rings. The Morgan fingerprint density at radius 3 is 2.42 bits per heavy atom. The van der Waals surface area contributed by atoms with Gasteiger partial charge in [-0.05, 0) is 48.7 Å². The number of anilines is 1. The minimum atomic E-state index is -3.90. The third-order valence-electron chi connectivity index (χ3n) is 7.21. The van der Waals surface area contributed by atoms with Crippen molar-refractivity contribution in [3.05, 3.63) is 83.9 Å². The van der Waals surface area contributed by atoms with Crippen LogP contribution in [0, 0.1) is 0 Å². The number of rotatable bonds is 15. The Bertz CT molecular complexity index is 1500. The van der Waals surface area contributed by atoms with Crippen molar-refractivity contribution in [2.75, 3.05) is 37.1 Å². The molecule has 0 aromatic heterocycles. The van der Waals surface area contributed by atoms with E-state index in [2.05, 4.69) is 5.32 Å². The van der Waals surface area contributed by atoms with E-state index in [-0.39, 0.29) is 37.1 Å². The number of hydrogen-bond acceptors (Lipinski definition) is 7. The Balaban J connectivity index is 1.74. The number of carbonyl (C=O) groups excluding carboxylic acids is 2. The molecule has 10 nitrogen and oxygen atoms in total. The Kier molecular flexibility index (Phi) is 10.9. The molecule has 0 radical (unpaired) electrons. The van der Waals surface area contributed by atoms with Crippen LogP contribution in [0.2, 0.25) is 0 Å². The number of sulfonamides is 1. The zero-order valence-corrected chi connectivity index (χ0v) is 25.6. The second-order valence-corrected chi connectivity index (χ2v) is 12.3. The van der Waals surface area contributed by atoms with Crippen molar-refractivity contribution in [3.63, 3.8) is 0 Å². The Labute approximate surface area is 253 Å². The molecule has 1 atom stereocenters. The highest BCUT2D eigenvalue weighted by Crippen LogP contribution is 2.36. The number of hydrogen-bond donors (Lipinski definition) is 1. The molecule has 1 heterocycles. The number of benzene rings is 3. The molecule has 1 aliphatic heterocycles. The van der Waals surface area contributed by atoms with E-state index in [1.54, 1.807) is 37.4 Å². The fourth-order valence-electron chi connectivity index (χ4n) is 4.79. The average Bonchev–Trinajstić information content (AvgIpc) is 3.50. The molecule has 1 N–H and O–H groups in total. The van der Waals surface area contributed by atoms with Crippen LogP contribution in [0.15, 0.2) is 72.8 Å². The van der Waals surface area contributed by atoms with Gasteiger partial charge in [0.05, 0.1) is 18.6 Å². The summed E-state index contributed by atoms with van der Waals surface area (Å²) in [6.07, 6.45) is 1.94. The molecule has 3 aromatic carbocycles. The summed E-state index contributed by atoms with van der Waals surface area (Å²) in [5, 5.41) is 2.98. The third kappa shape index (κ3) is 8.19. The molecule has 43 heavy (non-hydrogen) atoms. The Morgan fingerprint density at radius 2 is 1.70 bits per heavy atom. The molecule has 230 valence electrons. The van der Waals surface area contributed by atoms with Crippen molar-refractivity contribution in [1.82, 2.24) is 10.2 Å². The lowest BCUT2D eigenvalue weighted by molar-refractivity contribution is -0.140. The molecule has 0 unspecified atom stereocenters. The van der Waals surface area contributed by atoms with Crippen LogP contribution < -0.4 is 23.8 Å². The number of carbonyl (C=O) groups is 2. The number of nitrogens with one attached hydrogen (secondary N) is 1. The summed E-state index contributed by atoms with van der Waals surface area (Å²) in [5.41, 5.74) is 1.88. The highest BCUT2D eigenvalue weighted by Gasteiger charge is 2.34. The SMILES string of the molecule is CCCCNC(=O)[C@H](Cc1ccccc1)N(Cc1cccc(OC)c1)C(=O)CN(c1ccc2c(c1)OCO2)S(=O)(=O)CC. The smallest absolute Gasteiger partial charge is 0.244 e. The van der Waals surface area contributed by atoms with Crippen LogP contribution in [0.4, 0.5) is 5.69 Å². The van der Waals surface area contributed by atoms with Gasteiger partial charge >= 0.3 is 0 Å². The van der Waals surface area contributed by atoms with Crippen molar-refractivity contribution in [3.8, 4) is 17.2 Å². The number of ether oxygens (including phenoxy) is 3. The van der Waals surface area contributed by atoms with E-state index in [0.717, 1.165) is 28.3 Å². The molecular formula is C32H39N3O7S. The van der Waals surface area contributed by atoms with Gasteiger partial charge in [0.15, 0.2) is 11.5 Å². The maximum atomic E-state index is 14.3. The summed E-state index contributed by atoms with van der Waals surface area (Å²) in [4.78, 5) is 29.5. The van der Waals surface area contributed by atoms with E-state index >= 15 is 0 Å². The highest BCUT2D eigenvalue weighted by atomic mass is 32.2. The van der Waals surface area contributed by atoms with Gasteiger partial charge in [-0.3, -0.25) is 13.9 Å². The summed E-state index contributed by atoms with van der Waals surface area (Å²) in [6.45, 7) is 3.61. The molecule has 0 spiro atoms. The molecule has 0 saturated heterocycles. The van der Waals surface area contributed by atoms with Crippen LogP contribution in [-0.4, -0.2) is 63.9 Å². The first-order chi connectivity index (χ1) is 20.7. The first-order valence-corrected chi connectivity index (χ1v) is 16.0. The molecule has 11 heteroatoms. The number of nitrogens with zero attached hydrogens (tertiary/aromatic N) is 2. The zero-order chi connectivity index (χ0) is 30.8. The van der Waals surface area contributed by atoms with Gasteiger partial charge in [0.2, 0.25) is 28.6 Å². The van der Waals surface area contributed by atoms with E-state index in [0.29, 0.717) is 23.8 Å². The molecule has 0 fully saturated rings. The lowest BCUT2D eigenvalue weighted by Gasteiger charge is -2.34. The van der Waals surface area contributed by atoms with E-state index in [4.69, 9.17) is 14.2 Å². The standard InChI is InChI=1S/C32H39N3O7S/c1-4-6-17-33-32(37)28(19-24-11-8-7-9-12-24)34(21-25-13-10-14-27(18-25)40-3)31(36)22-35(43(38,39)5-2)26-15-16-29-30(20-26)42-23-41-29/h7-16,18,20,28H,4-6,17,19,21-23H2,1-3H3,(H,33,37)/t28-/m0/s1. The molecule has 0 aliphatic carbocycles. The van der Waals surface area contributed by atoms with Crippen LogP contribution in [-0.2, 0) is 32.6 Å². The van der Waals surface area contributed by atoms with Gasteiger partial charge in [0, 0.05) is 25.6 Å². The number of fused-ring (bicyclic) bond motifs is 1. The van der Waals surface area contributed by atoms with Gasteiger partial charge in [-0.1, -0.05) is 55.8 Å². The van der Waals surface area contributed by atoms with Gasteiger partial charge in [0.25, 0.3) is 0 Å². The van der Waals surface area contributed by atoms with Crippen LogP contribution >= 0.6 is 0 Å². The molecule has 2 amide bonds. The zero-order valence-electron chi connectivity index (χ0n) is 24.8. The number of unbranched alkanes of at least 4 members (excludes halogenated alkanes) is 1. The lowest BCUT2D eigenvalue weighted by Crippen LogP contribution is -2.53. The summed E-state index contributed by atoms with van der Waals surface area (Å²) in [6, 6.07) is 20.6. The van der Waals surface area contributed by atoms with E-state index in [1.807, 2.05) is 49.4 Å². The average molecular weight is 610 g/mol. The van der Waals surface area contributed by atoms with Gasteiger partial charge < -0.3 is 24.4 Å². The molecule has 4 rings (SSSR count). The van der Waals surface area contributed by atoms with Crippen molar-refractivity contribution < 1.29 is 32.2 Å². The molecule has 0 bridgehead atoms. The van der Waals surface area contributed by atoms with Crippen molar-refractivity contribution >= 4 is 27.5 Å². The maximum absolute atomic E-state index is 14.3. The van der Waals surface area contributed by atoms with Crippen LogP contribution in [0.25, 0.3) is 0 Å². The monoisotopic (exact) mass is 609 g/mol. The first-order valence-electron chi connectivity index (χ1n) is 14.4. The lowest BCUT2D eigenvalue weighted by atomic mass is 10.0. The third-order valence-corrected chi connectivity index (χ3v) is 8.95. The second-order valence-electron chi connectivity index (χ2n) is 10.2. The van der Waals surface area contributed by atoms with Gasteiger partial charge in [0.1, 0.15) is 18.3 Å². The van der Waals surface area contributed by atoms with Gasteiger partial charge in [-0.2, -0.15) is 0 Å². The van der Waals surface area contributed by atoms with Gasteiger partial charge in [-0.25, -0.2) is 8.42 Å². The minimum absolute atomic E-state index is 0.0286. The van der Waals surface area contributed by atoms with Crippen LogP contribution in [0.3, 0.4) is 0 Å². The van der Waals surface area contributed by atoms with Crippen LogP contribution in [0.5, 0.6) is 17.2 Å². The van der Waals surface area contributed by atoms with Crippen molar-refractivity contribution in [2.45, 2.75) is 45.7 Å². The fourth-order valence-corrected chi connectivity index (χ4v) is 5.84. The fraction of sp³-hybridized carbons (Fsp3) is 0.375. The normalized spacial score (nSPS) is 12.8. The highest BCUT2D eigenvalue weighted by molar-refractivity contribution is 7.92. The largest absolute Gasteiger partial charge is 0.497 e. The van der Waals surface area contributed by atoms with Gasteiger partial charge in [-0.15, -0.1) is 0 Å². The Hall–Kier alpha value is -4.25. The molecule has 3 aromatic rings. The summed E-state index contributed by atoms with van der Waals surface area (Å²) >= 11 is 0. The first kappa shape index (κ1) is 31.7. The van der Waals surface area contributed by atoms with E-state index in [9.17, 15) is 18.0 Å². The number of methoxy groups -OCH3 is 1. The molecular weight excluding hydrogens is 570 g/mol. The summed E-state index contributed by atoms with van der Waals surface area (Å²) in [7, 11) is -2.34. The van der Waals surface area contributed by atoms with E-state index < -0.39 is 28.5 Å². The molecule has 0 saturated carbocycles. The second kappa shape index (κ2) is 14.8. The van der Waals surface area contributed by atoms with E-state index in [1.165, 1.54) is 11.8 Å². The predicted octanol–water partition coefficient (Wildman–Crippen LogP) is 4.14. The summed E-state index contributed by atoms with van der Waals surface area (Å²) < 4.78 is 44.0. The number of amides is 2. The topological polar surface area (TPSA) is 114 Å². The van der Waals surface area contributed by atoms with Crippen molar-refractivity contribution in [1.29, 1.82) is 0 Å². The predicted molar refractivity (Wildman–Crippen MR) is 165 cm³/mol. The quantitative estimate of drug-likeness (QED) is 0.258.